The molecule has 2 aromatic rings. The molecule has 0 radical (unpaired) electrons. The van der Waals surface area contributed by atoms with E-state index in [1.807, 2.05) is 78.9 Å². The molecule has 1 amide bonds. The van der Waals surface area contributed by atoms with E-state index in [1.165, 1.54) is 0 Å². The van der Waals surface area contributed by atoms with Crippen molar-refractivity contribution in [3.63, 3.8) is 0 Å². The summed E-state index contributed by atoms with van der Waals surface area (Å²) in [5, 5.41) is 2.81. The number of nitrogens with one attached hydrogen (secondary N) is 1. The summed E-state index contributed by atoms with van der Waals surface area (Å²) < 4.78 is 10.6. The largest absolute Gasteiger partial charge is 0.461 e. The number of hydrogen-bond acceptors (Lipinski definition) is 4. The number of benzene rings is 2. The van der Waals surface area contributed by atoms with Crippen LogP contribution >= 0.6 is 0 Å². The minimum atomic E-state index is -0.513. The van der Waals surface area contributed by atoms with Gasteiger partial charge >= 0.3 is 12.1 Å². The summed E-state index contributed by atoms with van der Waals surface area (Å²) in [7, 11) is 0. The van der Waals surface area contributed by atoms with Crippen LogP contribution in [0.15, 0.2) is 72.8 Å². The molecule has 0 saturated heterocycles. The summed E-state index contributed by atoms with van der Waals surface area (Å²) in [5.41, 5.74) is 2.10. The van der Waals surface area contributed by atoms with Gasteiger partial charge in [0.1, 0.15) is 13.2 Å². The van der Waals surface area contributed by atoms with Gasteiger partial charge in [-0.15, -0.1) is 0 Å². The molecule has 2 atom stereocenters. The number of carbonyl (C=O) groups is 2. The topological polar surface area (TPSA) is 64.6 Å². The van der Waals surface area contributed by atoms with E-state index in [4.69, 9.17) is 9.47 Å². The molecule has 156 valence electrons. The van der Waals surface area contributed by atoms with Crippen LogP contribution in [0.25, 0.3) is 12.2 Å². The van der Waals surface area contributed by atoms with Crippen molar-refractivity contribution in [3.8, 4) is 0 Å². The molecular weight excluding hydrogens is 378 g/mol. The van der Waals surface area contributed by atoms with E-state index < -0.39 is 6.09 Å². The normalized spacial score (nSPS) is 18.5. The van der Waals surface area contributed by atoms with Crippen LogP contribution in [0.2, 0.25) is 0 Å². The van der Waals surface area contributed by atoms with Gasteiger partial charge in [0.05, 0.1) is 5.92 Å². The van der Waals surface area contributed by atoms with E-state index in [0.717, 1.165) is 24.0 Å². The van der Waals surface area contributed by atoms with Crippen molar-refractivity contribution in [2.45, 2.75) is 25.3 Å². The molecule has 5 nitrogen and oxygen atoms in total. The highest BCUT2D eigenvalue weighted by atomic mass is 16.5. The molecule has 0 heterocycles. The molecule has 0 spiro atoms. The quantitative estimate of drug-likeness (QED) is 0.638. The Labute approximate surface area is 177 Å². The van der Waals surface area contributed by atoms with Crippen molar-refractivity contribution in [3.05, 3.63) is 83.9 Å². The fourth-order valence-corrected chi connectivity index (χ4v) is 3.47. The summed E-state index contributed by atoms with van der Waals surface area (Å²) in [6.45, 7) is 0.387. The molecule has 1 saturated carbocycles. The van der Waals surface area contributed by atoms with E-state index in [-0.39, 0.29) is 31.1 Å². The molecule has 1 aliphatic rings. The second-order valence-electron chi connectivity index (χ2n) is 7.14. The Morgan fingerprint density at radius 1 is 0.833 bits per heavy atom. The molecule has 30 heavy (non-hydrogen) atoms. The van der Waals surface area contributed by atoms with Crippen LogP contribution in [0.1, 0.15) is 30.4 Å². The van der Waals surface area contributed by atoms with Gasteiger partial charge in [0.2, 0.25) is 0 Å². The van der Waals surface area contributed by atoms with Crippen LogP contribution in [0, 0.1) is 5.92 Å². The smallest absolute Gasteiger partial charge is 0.407 e. The van der Waals surface area contributed by atoms with E-state index in [9.17, 15) is 9.59 Å². The third-order valence-electron chi connectivity index (χ3n) is 4.97. The first-order valence-corrected chi connectivity index (χ1v) is 10.3. The molecule has 1 N–H and O–H groups in total. The Bertz CT molecular complexity index is 861. The highest BCUT2D eigenvalue weighted by molar-refractivity contribution is 5.76. The fraction of sp³-hybridized carbons (Fsp3) is 0.280. The van der Waals surface area contributed by atoms with Crippen LogP contribution in [0.3, 0.4) is 0 Å². The number of hydrogen-bond donors (Lipinski definition) is 1. The lowest BCUT2D eigenvalue weighted by Crippen LogP contribution is -2.41. The number of ether oxygens (including phenoxy) is 2. The first-order valence-electron chi connectivity index (χ1n) is 10.3. The average molecular weight is 405 g/mol. The van der Waals surface area contributed by atoms with Gasteiger partial charge in [-0.3, -0.25) is 4.79 Å². The lowest BCUT2D eigenvalue weighted by atomic mass is 10.0. The zero-order valence-electron chi connectivity index (χ0n) is 16.9. The third kappa shape index (κ3) is 6.92. The van der Waals surface area contributed by atoms with Crippen molar-refractivity contribution >= 4 is 24.2 Å². The molecule has 0 unspecified atom stereocenters. The van der Waals surface area contributed by atoms with Gasteiger partial charge in [-0.05, 0) is 36.1 Å². The second-order valence-corrected chi connectivity index (χ2v) is 7.14. The Morgan fingerprint density at radius 3 is 2.00 bits per heavy atom. The zero-order valence-corrected chi connectivity index (χ0v) is 16.9. The minimum Gasteiger partial charge on any atom is -0.461 e. The highest BCUT2D eigenvalue weighted by Crippen LogP contribution is 2.27. The van der Waals surface area contributed by atoms with Crippen LogP contribution in [-0.2, 0) is 14.3 Å². The average Bonchev–Trinajstić information content (AvgIpc) is 3.24. The number of amides is 1. The Kier molecular flexibility index (Phi) is 8.27. The first kappa shape index (κ1) is 21.4. The summed E-state index contributed by atoms with van der Waals surface area (Å²) in [6, 6.07) is 19.4. The van der Waals surface area contributed by atoms with E-state index >= 15 is 0 Å². The minimum absolute atomic E-state index is 0.173. The van der Waals surface area contributed by atoms with E-state index in [2.05, 4.69) is 5.32 Å². The van der Waals surface area contributed by atoms with Gasteiger partial charge in [-0.2, -0.15) is 0 Å². The molecule has 0 aromatic heterocycles. The van der Waals surface area contributed by atoms with E-state index in [0.29, 0.717) is 6.42 Å². The predicted molar refractivity (Wildman–Crippen MR) is 118 cm³/mol. The fourth-order valence-electron chi connectivity index (χ4n) is 3.47. The number of rotatable bonds is 8. The maximum absolute atomic E-state index is 12.4. The van der Waals surface area contributed by atoms with Crippen molar-refractivity contribution in [1.29, 1.82) is 0 Å². The molecule has 2 aromatic carbocycles. The molecule has 3 rings (SSSR count). The molecular formula is C25H27NO4. The van der Waals surface area contributed by atoms with Crippen LogP contribution in [0.5, 0.6) is 0 Å². The molecule has 1 aliphatic carbocycles. The third-order valence-corrected chi connectivity index (χ3v) is 4.97. The molecule has 5 heteroatoms. The first-order chi connectivity index (χ1) is 14.7. The molecule has 1 fully saturated rings. The summed E-state index contributed by atoms with van der Waals surface area (Å²) in [5.74, 6) is -0.609. The van der Waals surface area contributed by atoms with Gasteiger partial charge in [0.15, 0.2) is 0 Å². The Balaban J connectivity index is 1.38. The van der Waals surface area contributed by atoms with Gasteiger partial charge in [0.25, 0.3) is 0 Å². The predicted octanol–water partition coefficient (Wildman–Crippen LogP) is 4.85. The van der Waals surface area contributed by atoms with E-state index in [1.54, 1.807) is 6.08 Å². The second kappa shape index (κ2) is 11.6. The monoisotopic (exact) mass is 405 g/mol. The Hall–Kier alpha value is -3.34. The number of alkyl carbamates (subject to hydrolysis) is 1. The Morgan fingerprint density at radius 2 is 1.40 bits per heavy atom. The standard InChI is InChI=1S/C25H27NO4/c27-24(29-18-8-14-20-10-3-1-4-11-20)22-16-7-17-23(22)26-25(28)30-19-9-15-21-12-5-2-6-13-21/h1-6,8-15,22-23H,7,16-19H2,(H,26,28)/t22-,23+/m1/s1. The van der Waals surface area contributed by atoms with Crippen LogP contribution < -0.4 is 5.32 Å². The van der Waals surface area contributed by atoms with Gasteiger partial charge < -0.3 is 14.8 Å². The van der Waals surface area contributed by atoms with Crippen molar-refractivity contribution in [2.24, 2.45) is 5.92 Å². The number of carbonyl (C=O) groups excluding carboxylic acids is 2. The van der Waals surface area contributed by atoms with Crippen LogP contribution in [-0.4, -0.2) is 31.3 Å². The maximum Gasteiger partial charge on any atom is 0.407 e. The lowest BCUT2D eigenvalue weighted by molar-refractivity contribution is -0.147. The van der Waals surface area contributed by atoms with Crippen molar-refractivity contribution in [2.75, 3.05) is 13.2 Å². The zero-order chi connectivity index (χ0) is 21.0. The maximum atomic E-state index is 12.4. The van der Waals surface area contributed by atoms with Gasteiger partial charge in [0, 0.05) is 6.04 Å². The van der Waals surface area contributed by atoms with Crippen molar-refractivity contribution < 1.29 is 19.1 Å². The molecule has 0 aliphatic heterocycles. The summed E-state index contributed by atoms with van der Waals surface area (Å²) in [6.07, 6.45) is 9.23. The van der Waals surface area contributed by atoms with Gasteiger partial charge in [-0.25, -0.2) is 4.79 Å². The lowest BCUT2D eigenvalue weighted by Gasteiger charge is -2.19. The number of esters is 1. The summed E-state index contributed by atoms with van der Waals surface area (Å²) >= 11 is 0. The summed E-state index contributed by atoms with van der Waals surface area (Å²) in [4.78, 5) is 24.5. The SMILES string of the molecule is O=C(N[C@H]1CCC[C@H]1C(=O)OCC=Cc1ccccc1)OCC=Cc1ccccc1. The van der Waals surface area contributed by atoms with Crippen LogP contribution in [0.4, 0.5) is 4.79 Å². The van der Waals surface area contributed by atoms with Gasteiger partial charge in [-0.1, -0.05) is 79.2 Å². The van der Waals surface area contributed by atoms with Crippen molar-refractivity contribution in [1.82, 2.24) is 5.32 Å². The molecule has 0 bridgehead atoms. The highest BCUT2D eigenvalue weighted by Gasteiger charge is 2.35.